The van der Waals surface area contributed by atoms with Gasteiger partial charge < -0.3 is 5.11 Å². The lowest BCUT2D eigenvalue weighted by atomic mass is 10.2. The number of phenols is 1. The lowest BCUT2D eigenvalue weighted by Gasteiger charge is -2.22. The van der Waals surface area contributed by atoms with E-state index in [2.05, 4.69) is 4.72 Å². The number of hydrogen-bond donors (Lipinski definition) is 2. The monoisotopic (exact) mass is 289 g/mol. The molecule has 2 N–H and O–H groups in total. The fourth-order valence-electron chi connectivity index (χ4n) is 1.85. The molecule has 1 saturated heterocycles. The van der Waals surface area contributed by atoms with Crippen LogP contribution in [0.2, 0.25) is 0 Å². The van der Waals surface area contributed by atoms with Crippen LogP contribution in [0.25, 0.3) is 0 Å². The van der Waals surface area contributed by atoms with E-state index in [0.717, 1.165) is 0 Å². The van der Waals surface area contributed by atoms with Crippen molar-refractivity contribution >= 4 is 20.8 Å². The van der Waals surface area contributed by atoms with E-state index in [1.54, 1.807) is 0 Å². The van der Waals surface area contributed by atoms with E-state index < -0.39 is 20.8 Å². The van der Waals surface area contributed by atoms with Gasteiger partial charge in [0.05, 0.1) is 4.90 Å². The number of rotatable bonds is 3. The number of nitrogens with one attached hydrogen (secondary N) is 1. The fraction of sp³-hybridized carbons (Fsp3) is 0.455. The third-order valence-corrected chi connectivity index (χ3v) is 5.74. The van der Waals surface area contributed by atoms with Crippen molar-refractivity contribution in [2.45, 2.75) is 23.8 Å². The summed E-state index contributed by atoms with van der Waals surface area (Å²) in [5, 5.41) is 9.28. The van der Waals surface area contributed by atoms with Gasteiger partial charge in [-0.1, -0.05) is 6.07 Å². The third-order valence-electron chi connectivity index (χ3n) is 2.84. The zero-order chi connectivity index (χ0) is 13.2. The molecule has 0 saturated carbocycles. The molecule has 0 aromatic heterocycles. The van der Waals surface area contributed by atoms with Crippen LogP contribution in [0, 0.1) is 0 Å². The first-order valence-electron chi connectivity index (χ1n) is 5.64. The lowest BCUT2D eigenvalue weighted by molar-refractivity contribution is 0.472. The minimum absolute atomic E-state index is 0.0502. The van der Waals surface area contributed by atoms with Gasteiger partial charge in [0.1, 0.15) is 5.75 Å². The quantitative estimate of drug-likeness (QED) is 0.852. The van der Waals surface area contributed by atoms with Crippen LogP contribution in [-0.4, -0.2) is 35.3 Å². The Morgan fingerprint density at radius 1 is 1.28 bits per heavy atom. The molecule has 5 nitrogen and oxygen atoms in total. The Kier molecular flexibility index (Phi) is 4.04. The molecule has 1 aliphatic rings. The van der Waals surface area contributed by atoms with E-state index in [4.69, 9.17) is 0 Å². The highest BCUT2D eigenvalue weighted by atomic mass is 32.2. The van der Waals surface area contributed by atoms with E-state index >= 15 is 0 Å². The molecule has 1 aromatic rings. The van der Waals surface area contributed by atoms with Crippen molar-refractivity contribution in [1.82, 2.24) is 4.72 Å². The molecule has 100 valence electrons. The molecular formula is C11H15NO4S2. The zero-order valence-corrected chi connectivity index (χ0v) is 11.3. The van der Waals surface area contributed by atoms with Gasteiger partial charge in [0, 0.05) is 28.3 Å². The van der Waals surface area contributed by atoms with Crippen molar-refractivity contribution in [3.8, 4) is 5.75 Å². The van der Waals surface area contributed by atoms with Gasteiger partial charge in [-0.3, -0.25) is 4.21 Å². The summed E-state index contributed by atoms with van der Waals surface area (Å²) in [6, 6.07) is 5.38. The first-order valence-corrected chi connectivity index (χ1v) is 8.61. The van der Waals surface area contributed by atoms with Crippen LogP contribution in [0.3, 0.4) is 0 Å². The SMILES string of the molecule is O=S1CCC(NS(=O)(=O)c2cccc(O)c2)CC1. The molecule has 1 heterocycles. The Balaban J connectivity index is 2.10. The van der Waals surface area contributed by atoms with Crippen LogP contribution in [0.4, 0.5) is 0 Å². The number of aromatic hydroxyl groups is 1. The first kappa shape index (κ1) is 13.5. The van der Waals surface area contributed by atoms with Gasteiger partial charge in [-0.2, -0.15) is 0 Å². The summed E-state index contributed by atoms with van der Waals surface area (Å²) >= 11 is 0. The summed E-state index contributed by atoms with van der Waals surface area (Å²) in [5.41, 5.74) is 0. The highest BCUT2D eigenvalue weighted by Crippen LogP contribution is 2.18. The number of hydrogen-bond acceptors (Lipinski definition) is 4. The molecular weight excluding hydrogens is 274 g/mol. The molecule has 0 atom stereocenters. The average molecular weight is 289 g/mol. The van der Waals surface area contributed by atoms with E-state index in [9.17, 15) is 17.7 Å². The van der Waals surface area contributed by atoms with E-state index in [0.29, 0.717) is 24.3 Å². The number of phenolic OH excluding ortho intramolecular Hbond substituents is 1. The van der Waals surface area contributed by atoms with Crippen LogP contribution in [0.1, 0.15) is 12.8 Å². The van der Waals surface area contributed by atoms with Crippen molar-refractivity contribution < 1.29 is 17.7 Å². The summed E-state index contributed by atoms with van der Waals surface area (Å²) in [4.78, 5) is 0.0502. The molecule has 1 aromatic carbocycles. The summed E-state index contributed by atoms with van der Waals surface area (Å²) in [6.07, 6.45) is 1.18. The van der Waals surface area contributed by atoms with Gasteiger partial charge in [-0.15, -0.1) is 0 Å². The molecule has 1 aliphatic heterocycles. The average Bonchev–Trinajstić information content (AvgIpc) is 2.32. The molecule has 0 aliphatic carbocycles. The second-order valence-electron chi connectivity index (χ2n) is 4.24. The van der Waals surface area contributed by atoms with Crippen molar-refractivity contribution in [3.05, 3.63) is 24.3 Å². The Morgan fingerprint density at radius 3 is 2.56 bits per heavy atom. The third kappa shape index (κ3) is 3.30. The summed E-state index contributed by atoms with van der Waals surface area (Å²) in [6.45, 7) is 0. The van der Waals surface area contributed by atoms with Crippen molar-refractivity contribution in [1.29, 1.82) is 0 Å². The maximum absolute atomic E-state index is 12.0. The highest BCUT2D eigenvalue weighted by Gasteiger charge is 2.24. The maximum atomic E-state index is 12.0. The van der Waals surface area contributed by atoms with Crippen LogP contribution in [0.15, 0.2) is 29.2 Å². The Hall–Kier alpha value is -0.920. The predicted octanol–water partition coefficient (Wildman–Crippen LogP) is 0.582. The largest absolute Gasteiger partial charge is 0.508 e. The van der Waals surface area contributed by atoms with E-state index in [-0.39, 0.29) is 16.7 Å². The molecule has 0 amide bonds. The summed E-state index contributed by atoms with van der Waals surface area (Å²) < 4.78 is 37.8. The zero-order valence-electron chi connectivity index (χ0n) is 9.70. The Labute approximate surface area is 109 Å². The Bertz CT molecular complexity index is 546. The van der Waals surface area contributed by atoms with Crippen LogP contribution < -0.4 is 4.72 Å². The van der Waals surface area contributed by atoms with Crippen molar-refractivity contribution in [3.63, 3.8) is 0 Å². The molecule has 0 spiro atoms. The fourth-order valence-corrected chi connectivity index (χ4v) is 4.49. The normalized spacial score (nSPS) is 24.9. The van der Waals surface area contributed by atoms with E-state index in [1.807, 2.05) is 0 Å². The number of sulfonamides is 1. The summed E-state index contributed by atoms with van der Waals surface area (Å²) in [7, 11) is -4.42. The maximum Gasteiger partial charge on any atom is 0.240 e. The molecule has 1 fully saturated rings. The van der Waals surface area contributed by atoms with Crippen molar-refractivity contribution in [2.24, 2.45) is 0 Å². The molecule has 7 heteroatoms. The van der Waals surface area contributed by atoms with Crippen molar-refractivity contribution in [2.75, 3.05) is 11.5 Å². The lowest BCUT2D eigenvalue weighted by Crippen LogP contribution is -2.39. The standard InChI is InChI=1S/C11H15NO4S2/c13-10-2-1-3-11(8-10)18(15,16)12-9-4-6-17(14)7-5-9/h1-3,8-9,12-13H,4-7H2. The van der Waals surface area contributed by atoms with Crippen LogP contribution >= 0.6 is 0 Å². The molecule has 0 unspecified atom stereocenters. The topological polar surface area (TPSA) is 83.5 Å². The van der Waals surface area contributed by atoms with E-state index in [1.165, 1.54) is 24.3 Å². The van der Waals surface area contributed by atoms with Gasteiger partial charge in [0.2, 0.25) is 10.0 Å². The number of benzene rings is 1. The first-order chi connectivity index (χ1) is 8.47. The molecule has 0 radical (unpaired) electrons. The van der Waals surface area contributed by atoms with Gasteiger partial charge in [0.15, 0.2) is 0 Å². The second-order valence-corrected chi connectivity index (χ2v) is 7.65. The van der Waals surface area contributed by atoms with Gasteiger partial charge in [-0.25, -0.2) is 13.1 Å². The summed E-state index contributed by atoms with van der Waals surface area (Å²) in [5.74, 6) is 0.989. The molecule has 0 bridgehead atoms. The minimum Gasteiger partial charge on any atom is -0.508 e. The second kappa shape index (κ2) is 5.38. The van der Waals surface area contributed by atoms with Crippen LogP contribution in [-0.2, 0) is 20.8 Å². The molecule has 18 heavy (non-hydrogen) atoms. The Morgan fingerprint density at radius 2 is 1.94 bits per heavy atom. The smallest absolute Gasteiger partial charge is 0.240 e. The van der Waals surface area contributed by atoms with Gasteiger partial charge in [0.25, 0.3) is 0 Å². The van der Waals surface area contributed by atoms with Crippen LogP contribution in [0.5, 0.6) is 5.75 Å². The minimum atomic E-state index is -3.61. The molecule has 2 rings (SSSR count). The van der Waals surface area contributed by atoms with Gasteiger partial charge in [-0.05, 0) is 31.0 Å². The van der Waals surface area contributed by atoms with Gasteiger partial charge >= 0.3 is 0 Å². The highest BCUT2D eigenvalue weighted by molar-refractivity contribution is 7.89. The predicted molar refractivity (Wildman–Crippen MR) is 69.3 cm³/mol.